The lowest BCUT2D eigenvalue weighted by Gasteiger charge is -2.35. The van der Waals surface area contributed by atoms with Crippen molar-refractivity contribution in [2.24, 2.45) is 0 Å². The van der Waals surface area contributed by atoms with Gasteiger partial charge in [-0.1, -0.05) is 15.9 Å². The molecule has 1 fully saturated rings. The minimum absolute atomic E-state index is 0.0281. The van der Waals surface area contributed by atoms with Crippen LogP contribution in [0.2, 0.25) is 0 Å². The molecule has 2 atom stereocenters. The number of ether oxygens (including phenoxy) is 2. The maximum atomic E-state index is 12.6. The van der Waals surface area contributed by atoms with Crippen molar-refractivity contribution in [3.8, 4) is 11.6 Å². The minimum Gasteiger partial charge on any atom is -0.439 e. The number of pyridine rings is 1. The van der Waals surface area contributed by atoms with Gasteiger partial charge >= 0.3 is 0 Å². The largest absolute Gasteiger partial charge is 0.439 e. The number of rotatable bonds is 3. The van der Waals surface area contributed by atoms with Crippen LogP contribution in [0, 0.1) is 0 Å². The van der Waals surface area contributed by atoms with Gasteiger partial charge in [0, 0.05) is 29.8 Å². The first kappa shape index (κ1) is 16.9. The second-order valence-electron chi connectivity index (χ2n) is 5.91. The highest BCUT2D eigenvalue weighted by Gasteiger charge is 2.26. The molecule has 0 radical (unpaired) electrons. The van der Waals surface area contributed by atoms with Crippen molar-refractivity contribution in [2.45, 2.75) is 26.1 Å². The average molecular weight is 391 g/mol. The number of hydrogen-bond donors (Lipinski definition) is 0. The van der Waals surface area contributed by atoms with E-state index in [-0.39, 0.29) is 18.1 Å². The lowest BCUT2D eigenvalue weighted by molar-refractivity contribution is -0.0586. The minimum atomic E-state index is -0.0281. The molecule has 0 N–H and O–H groups in total. The Morgan fingerprint density at radius 2 is 1.83 bits per heavy atom. The molecule has 24 heavy (non-hydrogen) atoms. The molecule has 6 heteroatoms. The average Bonchev–Trinajstić information content (AvgIpc) is 2.56. The highest BCUT2D eigenvalue weighted by atomic mass is 79.9. The summed E-state index contributed by atoms with van der Waals surface area (Å²) in [6.07, 6.45) is 1.65. The number of carbonyl (C=O) groups excluding carboxylic acids is 1. The third-order valence-corrected chi connectivity index (χ3v) is 4.25. The third-order valence-electron chi connectivity index (χ3n) is 3.73. The lowest BCUT2D eigenvalue weighted by atomic mass is 10.2. The second-order valence-corrected chi connectivity index (χ2v) is 6.82. The molecule has 3 rings (SSSR count). The molecule has 126 valence electrons. The molecule has 1 aromatic carbocycles. The van der Waals surface area contributed by atoms with Crippen molar-refractivity contribution in [1.29, 1.82) is 0 Å². The molecule has 0 bridgehead atoms. The maximum Gasteiger partial charge on any atom is 0.255 e. The predicted molar refractivity (Wildman–Crippen MR) is 94.4 cm³/mol. The van der Waals surface area contributed by atoms with Crippen LogP contribution in [0.3, 0.4) is 0 Å². The standard InChI is InChI=1S/C18H19BrN2O3/c1-12-10-21(11-13(2)23-12)18(22)14-3-8-17(20-9-14)24-16-6-4-15(19)5-7-16/h3-9,12-13H,10-11H2,1-2H3. The number of amides is 1. The zero-order valence-electron chi connectivity index (χ0n) is 13.6. The van der Waals surface area contributed by atoms with Gasteiger partial charge in [-0.15, -0.1) is 0 Å². The van der Waals surface area contributed by atoms with Gasteiger partial charge in [-0.2, -0.15) is 0 Å². The zero-order chi connectivity index (χ0) is 17.1. The fourth-order valence-electron chi connectivity index (χ4n) is 2.72. The highest BCUT2D eigenvalue weighted by Crippen LogP contribution is 2.22. The predicted octanol–water partition coefficient (Wildman–Crippen LogP) is 3.89. The Morgan fingerprint density at radius 1 is 1.17 bits per heavy atom. The van der Waals surface area contributed by atoms with Gasteiger partial charge in [0.2, 0.25) is 5.88 Å². The molecule has 1 aromatic heterocycles. The van der Waals surface area contributed by atoms with Crippen LogP contribution >= 0.6 is 15.9 Å². The monoisotopic (exact) mass is 390 g/mol. The molecule has 2 aromatic rings. The van der Waals surface area contributed by atoms with E-state index in [1.165, 1.54) is 0 Å². The Hall–Kier alpha value is -1.92. The van der Waals surface area contributed by atoms with Gasteiger partial charge < -0.3 is 14.4 Å². The molecule has 1 saturated heterocycles. The van der Waals surface area contributed by atoms with Gasteiger partial charge in [-0.05, 0) is 44.2 Å². The second kappa shape index (κ2) is 7.32. The molecule has 0 saturated carbocycles. The van der Waals surface area contributed by atoms with E-state index in [1.54, 1.807) is 18.3 Å². The summed E-state index contributed by atoms with van der Waals surface area (Å²) >= 11 is 3.38. The van der Waals surface area contributed by atoms with Crippen molar-refractivity contribution in [2.75, 3.05) is 13.1 Å². The lowest BCUT2D eigenvalue weighted by Crippen LogP contribution is -2.48. The molecular weight excluding hydrogens is 372 g/mol. The Balaban J connectivity index is 1.67. The molecule has 1 amide bonds. The Bertz CT molecular complexity index is 693. The SMILES string of the molecule is CC1CN(C(=O)c2ccc(Oc3ccc(Br)cc3)nc2)CC(C)O1. The van der Waals surface area contributed by atoms with Crippen molar-refractivity contribution >= 4 is 21.8 Å². The number of aromatic nitrogens is 1. The number of benzene rings is 1. The highest BCUT2D eigenvalue weighted by molar-refractivity contribution is 9.10. The molecule has 0 spiro atoms. The summed E-state index contributed by atoms with van der Waals surface area (Å²) in [4.78, 5) is 18.6. The quantitative estimate of drug-likeness (QED) is 0.797. The number of hydrogen-bond acceptors (Lipinski definition) is 4. The summed E-state index contributed by atoms with van der Waals surface area (Å²) in [7, 11) is 0. The van der Waals surface area contributed by atoms with Crippen LogP contribution in [0.4, 0.5) is 0 Å². The Morgan fingerprint density at radius 3 is 2.42 bits per heavy atom. The van der Waals surface area contributed by atoms with Crippen LogP contribution in [0.25, 0.3) is 0 Å². The van der Waals surface area contributed by atoms with Crippen LogP contribution in [0.15, 0.2) is 47.1 Å². The molecule has 1 aliphatic rings. The molecule has 2 heterocycles. The number of carbonyl (C=O) groups is 1. The Labute approximate surface area is 149 Å². The zero-order valence-corrected chi connectivity index (χ0v) is 15.2. The first-order chi connectivity index (χ1) is 11.5. The van der Waals surface area contributed by atoms with Crippen LogP contribution in [0.5, 0.6) is 11.6 Å². The van der Waals surface area contributed by atoms with Gasteiger partial charge in [0.15, 0.2) is 0 Å². The van der Waals surface area contributed by atoms with E-state index < -0.39 is 0 Å². The number of nitrogens with zero attached hydrogens (tertiary/aromatic N) is 2. The first-order valence-corrected chi connectivity index (χ1v) is 8.65. The van der Waals surface area contributed by atoms with Crippen LogP contribution in [0.1, 0.15) is 24.2 Å². The summed E-state index contributed by atoms with van der Waals surface area (Å²) in [6.45, 7) is 5.15. The molecule has 5 nitrogen and oxygen atoms in total. The summed E-state index contributed by atoms with van der Waals surface area (Å²) in [6, 6.07) is 10.9. The van der Waals surface area contributed by atoms with Gasteiger partial charge in [0.25, 0.3) is 5.91 Å². The molecule has 2 unspecified atom stereocenters. The van der Waals surface area contributed by atoms with E-state index in [1.807, 2.05) is 43.0 Å². The summed E-state index contributed by atoms with van der Waals surface area (Å²) in [5.74, 6) is 1.12. The van der Waals surface area contributed by atoms with Crippen molar-refractivity contribution < 1.29 is 14.3 Å². The molecule has 1 aliphatic heterocycles. The van der Waals surface area contributed by atoms with E-state index in [9.17, 15) is 4.79 Å². The van der Waals surface area contributed by atoms with Gasteiger partial charge in [-0.25, -0.2) is 4.98 Å². The van der Waals surface area contributed by atoms with E-state index in [2.05, 4.69) is 20.9 Å². The maximum absolute atomic E-state index is 12.6. The van der Waals surface area contributed by atoms with E-state index in [4.69, 9.17) is 9.47 Å². The summed E-state index contributed by atoms with van der Waals surface area (Å²) in [5.41, 5.74) is 0.555. The van der Waals surface area contributed by atoms with E-state index in [0.717, 1.165) is 4.47 Å². The number of morpholine rings is 1. The summed E-state index contributed by atoms with van der Waals surface area (Å²) in [5, 5.41) is 0. The van der Waals surface area contributed by atoms with Crippen molar-refractivity contribution in [1.82, 2.24) is 9.88 Å². The van der Waals surface area contributed by atoms with Gasteiger partial charge in [0.05, 0.1) is 17.8 Å². The molecule has 0 aliphatic carbocycles. The molecular formula is C18H19BrN2O3. The third kappa shape index (κ3) is 4.13. The van der Waals surface area contributed by atoms with E-state index >= 15 is 0 Å². The fraction of sp³-hybridized carbons (Fsp3) is 0.333. The first-order valence-electron chi connectivity index (χ1n) is 7.85. The van der Waals surface area contributed by atoms with Crippen molar-refractivity contribution in [3.63, 3.8) is 0 Å². The smallest absolute Gasteiger partial charge is 0.255 e. The topological polar surface area (TPSA) is 51.7 Å². The normalized spacial score (nSPS) is 20.7. The van der Waals surface area contributed by atoms with Crippen LogP contribution < -0.4 is 4.74 Å². The number of halogens is 1. The van der Waals surface area contributed by atoms with Crippen LogP contribution in [-0.4, -0.2) is 41.1 Å². The summed E-state index contributed by atoms with van der Waals surface area (Å²) < 4.78 is 12.3. The van der Waals surface area contributed by atoms with Gasteiger partial charge in [-0.3, -0.25) is 4.79 Å². The van der Waals surface area contributed by atoms with Crippen LogP contribution in [-0.2, 0) is 4.74 Å². The Kier molecular flexibility index (Phi) is 5.16. The van der Waals surface area contributed by atoms with E-state index in [0.29, 0.717) is 30.3 Å². The van der Waals surface area contributed by atoms with Crippen molar-refractivity contribution in [3.05, 3.63) is 52.6 Å². The fourth-order valence-corrected chi connectivity index (χ4v) is 2.98. The van der Waals surface area contributed by atoms with Gasteiger partial charge in [0.1, 0.15) is 5.75 Å².